The molecule has 3 N–H and O–H groups in total. The van der Waals surface area contributed by atoms with E-state index in [0.29, 0.717) is 71.9 Å². The number of rotatable bonds is 6. The number of nitrogen functional groups attached to an aromatic ring is 1. The maximum atomic E-state index is 13.4. The van der Waals surface area contributed by atoms with Crippen molar-refractivity contribution < 1.29 is 19.1 Å². The minimum atomic E-state index is -0.562. The standard InChI is InChI=1S/C21H14ClN5O2.C19H12ClN5O.C6H15N.C4H6O3/c1-12(28)24-13-6-9-18-25-19-15-4-2-3-5-16(15)21(29)27(20(19)26(18)11-13)14-7-8-17(22)23-10-14;20-15-7-6-12(9-22-15)25-18-17(13-3-1-2-4-14(13)19(25)26)23-16-8-5-11(21)10-24(16)18;1-4-7(5-2)6-3;1-3(5)7-4(2)6/h2-11H,1H3,(H,24,28);1-10H,21H2;4-6H2,1-3H3;1-2H3. The van der Waals surface area contributed by atoms with Crippen LogP contribution in [0, 0.1) is 0 Å². The van der Waals surface area contributed by atoms with Crippen LogP contribution < -0.4 is 22.2 Å². The number of imidazole rings is 2. The van der Waals surface area contributed by atoms with Crippen molar-refractivity contribution >= 4 is 108 Å². The number of aromatic nitrogens is 8. The Bertz CT molecular complexity index is 3640. The van der Waals surface area contributed by atoms with Crippen LogP contribution in [0.25, 0.3) is 66.5 Å². The number of carbonyl (C=O) groups excluding carboxylic acids is 3. The van der Waals surface area contributed by atoms with Gasteiger partial charge in [0, 0.05) is 60.4 Å². The van der Waals surface area contributed by atoms with Crippen molar-refractivity contribution in [3.63, 3.8) is 0 Å². The minimum Gasteiger partial charge on any atom is -0.398 e. The highest BCUT2D eigenvalue weighted by Crippen LogP contribution is 2.29. The number of esters is 2. The second-order valence-electron chi connectivity index (χ2n) is 15.3. The molecule has 0 bridgehead atoms. The van der Waals surface area contributed by atoms with Gasteiger partial charge in [-0.2, -0.15) is 0 Å². The predicted molar refractivity (Wildman–Crippen MR) is 272 cm³/mol. The zero-order chi connectivity index (χ0) is 49.5. The summed E-state index contributed by atoms with van der Waals surface area (Å²) in [6.45, 7) is 13.9. The highest BCUT2D eigenvalue weighted by atomic mass is 35.5. The van der Waals surface area contributed by atoms with Crippen molar-refractivity contribution in [2.75, 3.05) is 30.7 Å². The fraction of sp³-hybridized carbons (Fsp3) is 0.180. The highest BCUT2D eigenvalue weighted by Gasteiger charge is 2.20. The lowest BCUT2D eigenvalue weighted by molar-refractivity contribution is -0.156. The van der Waals surface area contributed by atoms with Gasteiger partial charge in [0.05, 0.1) is 29.5 Å². The zero-order valence-electron chi connectivity index (χ0n) is 38.5. The summed E-state index contributed by atoms with van der Waals surface area (Å²) in [6, 6.07) is 28.8. The number of carbonyl (C=O) groups is 3. The normalized spacial score (nSPS) is 11.0. The fourth-order valence-electron chi connectivity index (χ4n) is 7.69. The molecule has 0 unspecified atom stereocenters. The molecule has 1 amide bonds. The first-order valence-electron chi connectivity index (χ1n) is 21.7. The lowest BCUT2D eigenvalue weighted by Crippen LogP contribution is -2.21. The van der Waals surface area contributed by atoms with Crippen LogP contribution in [0.1, 0.15) is 41.5 Å². The van der Waals surface area contributed by atoms with Crippen molar-refractivity contribution in [3.05, 3.63) is 153 Å². The molecule has 0 spiro atoms. The summed E-state index contributed by atoms with van der Waals surface area (Å²) >= 11 is 11.9. The molecule has 0 saturated heterocycles. The SMILES string of the molecule is CC(=O)Nc1ccc2nc3c4ccccc4c(=O)n(-c4ccc(Cl)nc4)c3n2c1.CC(=O)OC(C)=O.CCN(CC)CC.Nc1ccc2nc3c4ccccc4c(=O)n(-c4ccc(Cl)nc4)c3n2c1. The van der Waals surface area contributed by atoms with E-state index in [4.69, 9.17) is 38.9 Å². The molecule has 69 heavy (non-hydrogen) atoms. The first-order chi connectivity index (χ1) is 33.1. The van der Waals surface area contributed by atoms with Gasteiger partial charge in [-0.25, -0.2) is 19.9 Å². The van der Waals surface area contributed by atoms with Crippen LogP contribution in [0.5, 0.6) is 0 Å². The number of anilines is 2. The number of benzene rings is 2. The molecule has 8 aromatic heterocycles. The smallest absolute Gasteiger partial charge is 0.310 e. The number of hydrogen-bond donors (Lipinski definition) is 2. The van der Waals surface area contributed by atoms with Gasteiger partial charge in [0.1, 0.15) is 32.6 Å². The van der Waals surface area contributed by atoms with Crippen LogP contribution in [0.15, 0.2) is 131 Å². The molecule has 0 saturated carbocycles. The van der Waals surface area contributed by atoms with Crippen LogP contribution in [0.4, 0.5) is 11.4 Å². The average molecular weight is 969 g/mol. The van der Waals surface area contributed by atoms with Crippen molar-refractivity contribution in [2.24, 2.45) is 0 Å². The summed E-state index contributed by atoms with van der Waals surface area (Å²) in [4.78, 5) is 77.9. The molecule has 0 aliphatic rings. The molecule has 0 aliphatic heterocycles. The van der Waals surface area contributed by atoms with Crippen molar-refractivity contribution in [1.82, 2.24) is 42.8 Å². The van der Waals surface area contributed by atoms with Crippen molar-refractivity contribution in [2.45, 2.75) is 41.5 Å². The third kappa shape index (κ3) is 10.6. The number of hydrogen-bond acceptors (Lipinski definition) is 12. The Morgan fingerprint density at radius 1 is 0.609 bits per heavy atom. The Balaban J connectivity index is 0.000000161. The number of amides is 1. The second-order valence-corrected chi connectivity index (χ2v) is 16.1. The highest BCUT2D eigenvalue weighted by molar-refractivity contribution is 6.29. The summed E-state index contributed by atoms with van der Waals surface area (Å²) in [5, 5.41) is 6.17. The van der Waals surface area contributed by atoms with Crippen LogP contribution >= 0.6 is 23.2 Å². The Morgan fingerprint density at radius 3 is 1.42 bits per heavy atom. The summed E-state index contributed by atoms with van der Waals surface area (Å²) in [7, 11) is 0. The average Bonchev–Trinajstić information content (AvgIpc) is 3.89. The molecular weight excluding hydrogens is 922 g/mol. The van der Waals surface area contributed by atoms with E-state index in [1.54, 1.807) is 92.9 Å². The van der Waals surface area contributed by atoms with E-state index in [0.717, 1.165) is 16.3 Å². The minimum absolute atomic E-state index is 0.151. The van der Waals surface area contributed by atoms with Crippen molar-refractivity contribution in [1.29, 1.82) is 0 Å². The second kappa shape index (κ2) is 21.3. The first kappa shape index (κ1) is 48.9. The Hall–Kier alpha value is -7.99. The van der Waals surface area contributed by atoms with Gasteiger partial charge < -0.3 is 20.7 Å². The largest absolute Gasteiger partial charge is 0.398 e. The third-order valence-electron chi connectivity index (χ3n) is 10.8. The summed E-state index contributed by atoms with van der Waals surface area (Å²) in [5.74, 6) is -1.31. The molecule has 19 heteroatoms. The number of pyridine rings is 6. The molecule has 8 heterocycles. The van der Waals surface area contributed by atoms with Gasteiger partial charge in [-0.3, -0.25) is 41.9 Å². The molecule has 0 aliphatic carbocycles. The lowest BCUT2D eigenvalue weighted by Gasteiger charge is -2.13. The quantitative estimate of drug-likeness (QED) is 0.0912. The van der Waals surface area contributed by atoms with Crippen LogP contribution in [-0.4, -0.2) is 80.3 Å². The zero-order valence-corrected chi connectivity index (χ0v) is 40.0. The van der Waals surface area contributed by atoms with Crippen LogP contribution in [-0.2, 0) is 19.1 Å². The molecule has 0 atom stereocenters. The van der Waals surface area contributed by atoms with Crippen LogP contribution in [0.2, 0.25) is 10.3 Å². The van der Waals surface area contributed by atoms with Crippen LogP contribution in [0.3, 0.4) is 0 Å². The van der Waals surface area contributed by atoms with E-state index in [-0.39, 0.29) is 17.0 Å². The summed E-state index contributed by atoms with van der Waals surface area (Å²) < 4.78 is 10.8. The van der Waals surface area contributed by atoms with E-state index in [1.165, 1.54) is 40.4 Å². The van der Waals surface area contributed by atoms with Gasteiger partial charge >= 0.3 is 11.9 Å². The Morgan fingerprint density at radius 2 is 1.04 bits per heavy atom. The van der Waals surface area contributed by atoms with E-state index in [2.05, 4.69) is 45.7 Å². The molecule has 0 fully saturated rings. The number of ether oxygens (including phenoxy) is 1. The molecular formula is C50H47Cl2N11O6. The Labute approximate surface area is 404 Å². The molecule has 17 nitrogen and oxygen atoms in total. The maximum absolute atomic E-state index is 13.4. The number of nitrogens with zero attached hydrogens (tertiary/aromatic N) is 9. The number of fused-ring (bicyclic) bond motifs is 10. The molecule has 0 radical (unpaired) electrons. The summed E-state index contributed by atoms with van der Waals surface area (Å²) in [5.41, 5.74) is 12.0. The van der Waals surface area contributed by atoms with Gasteiger partial charge in [0.25, 0.3) is 11.1 Å². The van der Waals surface area contributed by atoms with Gasteiger partial charge in [-0.1, -0.05) is 80.4 Å². The van der Waals surface area contributed by atoms with Gasteiger partial charge in [-0.05, 0) is 80.3 Å². The Kier molecular flexibility index (Phi) is 15.1. The fourth-order valence-corrected chi connectivity index (χ4v) is 7.91. The van der Waals surface area contributed by atoms with Gasteiger partial charge in [0.15, 0.2) is 11.3 Å². The molecule has 10 aromatic rings. The number of nitrogens with two attached hydrogens (primary N) is 1. The van der Waals surface area contributed by atoms with E-state index in [9.17, 15) is 24.0 Å². The first-order valence-corrected chi connectivity index (χ1v) is 22.5. The van der Waals surface area contributed by atoms with Crippen molar-refractivity contribution in [3.8, 4) is 11.4 Å². The van der Waals surface area contributed by atoms with E-state index >= 15 is 0 Å². The third-order valence-corrected chi connectivity index (χ3v) is 11.2. The maximum Gasteiger partial charge on any atom is 0.310 e. The topological polar surface area (TPSA) is 206 Å². The predicted octanol–water partition coefficient (Wildman–Crippen LogP) is 8.66. The lowest BCUT2D eigenvalue weighted by atomic mass is 10.1. The van der Waals surface area contributed by atoms with Gasteiger partial charge in [-0.15, -0.1) is 0 Å². The van der Waals surface area contributed by atoms with E-state index in [1.807, 2.05) is 46.9 Å². The number of nitrogens with one attached hydrogen (secondary N) is 1. The molecule has 10 rings (SSSR count). The molecule has 2 aromatic carbocycles. The van der Waals surface area contributed by atoms with E-state index < -0.39 is 11.9 Å². The number of halogens is 2. The van der Waals surface area contributed by atoms with Gasteiger partial charge in [0.2, 0.25) is 5.91 Å². The summed E-state index contributed by atoms with van der Waals surface area (Å²) in [6.07, 6.45) is 6.64. The molecule has 352 valence electrons. The monoisotopic (exact) mass is 967 g/mol.